The Kier molecular flexibility index (Phi) is 6.32. The van der Waals surface area contributed by atoms with Crippen LogP contribution in [-0.2, 0) is 12.8 Å². The summed E-state index contributed by atoms with van der Waals surface area (Å²) >= 11 is 0. The first-order chi connectivity index (χ1) is 20.8. The second-order valence-corrected chi connectivity index (χ2v) is 11.4. The van der Waals surface area contributed by atoms with Gasteiger partial charge in [-0.25, -0.2) is 0 Å². The molecule has 0 N–H and O–H groups in total. The summed E-state index contributed by atoms with van der Waals surface area (Å²) in [4.78, 5) is 68.7. The Morgan fingerprint density at radius 2 is 1.16 bits per heavy atom. The molecule has 0 fully saturated rings. The van der Waals surface area contributed by atoms with Crippen molar-refractivity contribution in [3.63, 3.8) is 0 Å². The summed E-state index contributed by atoms with van der Waals surface area (Å²) in [7, 11) is 1.92. The normalized spacial score (nSPS) is 15.5. The summed E-state index contributed by atoms with van der Waals surface area (Å²) < 4.78 is 0. The number of nitrogens with zero attached hydrogens (tertiary/aromatic N) is 4. The van der Waals surface area contributed by atoms with Gasteiger partial charge < -0.3 is 4.90 Å². The lowest BCUT2D eigenvalue weighted by Crippen LogP contribution is -2.42. The molecule has 4 amide bonds. The SMILES string of the molecule is CN(CCCN1C(=O)c2cccc3c([N+](=O)[O-])ccc(c23)C1=O)CCCN1C(=O)c2ccc3c4c(ccc(c24)C1=O)CC3. The standard InChI is InChI=1S/C33H28N4O6/c1-34(15-3-17-35-30(38)22-6-2-5-21-26(37(42)43)14-13-23(28(21)22)31(35)39)16-4-18-36-32(40)24-11-9-19-7-8-20-10-12-25(33(36)41)29(24)27(19)20/h2,5-6,9-14H,3-4,7-8,15-18H2,1H3. The zero-order chi connectivity index (χ0) is 30.0. The van der Waals surface area contributed by atoms with Crippen LogP contribution in [-0.4, -0.2) is 76.5 Å². The van der Waals surface area contributed by atoms with Gasteiger partial charge in [0.05, 0.1) is 10.3 Å². The first kappa shape index (κ1) is 26.9. The largest absolute Gasteiger partial charge is 0.306 e. The van der Waals surface area contributed by atoms with Gasteiger partial charge in [0.2, 0.25) is 0 Å². The molecule has 0 bridgehead atoms. The fourth-order valence-electron chi connectivity index (χ4n) is 6.87. The quantitative estimate of drug-likeness (QED) is 0.162. The molecule has 4 aromatic carbocycles. The van der Waals surface area contributed by atoms with Gasteiger partial charge in [-0.1, -0.05) is 18.2 Å². The van der Waals surface area contributed by atoms with Crippen LogP contribution in [0.3, 0.4) is 0 Å². The van der Waals surface area contributed by atoms with Crippen molar-refractivity contribution in [2.45, 2.75) is 25.7 Å². The van der Waals surface area contributed by atoms with Gasteiger partial charge in [-0.15, -0.1) is 0 Å². The number of carbonyl (C=O) groups excluding carboxylic acids is 4. The van der Waals surface area contributed by atoms with Crippen molar-refractivity contribution in [2.24, 2.45) is 0 Å². The van der Waals surface area contributed by atoms with Gasteiger partial charge in [0, 0.05) is 52.2 Å². The van der Waals surface area contributed by atoms with Gasteiger partial charge in [0.1, 0.15) is 0 Å². The molecular weight excluding hydrogens is 548 g/mol. The van der Waals surface area contributed by atoms with E-state index in [1.807, 2.05) is 36.2 Å². The molecule has 0 saturated carbocycles. The molecule has 0 atom stereocenters. The van der Waals surface area contributed by atoms with Crippen LogP contribution in [0, 0.1) is 10.1 Å². The maximum atomic E-state index is 13.3. The molecule has 1 aliphatic carbocycles. The number of aryl methyl sites for hydroxylation is 2. The lowest BCUT2D eigenvalue weighted by Gasteiger charge is -2.29. The van der Waals surface area contributed by atoms with Crippen LogP contribution in [0.2, 0.25) is 0 Å². The number of nitro groups is 1. The number of hydrogen-bond donors (Lipinski definition) is 0. The Balaban J connectivity index is 0.968. The van der Waals surface area contributed by atoms with Crippen molar-refractivity contribution in [3.05, 3.63) is 98.1 Å². The van der Waals surface area contributed by atoms with Crippen molar-refractivity contribution in [2.75, 3.05) is 33.2 Å². The van der Waals surface area contributed by atoms with E-state index in [1.54, 1.807) is 18.2 Å². The lowest BCUT2D eigenvalue weighted by molar-refractivity contribution is -0.383. The summed E-state index contributed by atoms with van der Waals surface area (Å²) in [5, 5.41) is 13.9. The number of non-ortho nitro benzene ring substituents is 1. The van der Waals surface area contributed by atoms with Crippen LogP contribution in [0.5, 0.6) is 0 Å². The Bertz CT molecular complexity index is 1850. The van der Waals surface area contributed by atoms with Crippen molar-refractivity contribution in [1.29, 1.82) is 0 Å². The minimum atomic E-state index is -0.514. The molecule has 10 heteroatoms. The van der Waals surface area contributed by atoms with Gasteiger partial charge in [0.25, 0.3) is 29.3 Å². The lowest BCUT2D eigenvalue weighted by atomic mass is 9.91. The van der Waals surface area contributed by atoms with E-state index in [0.717, 1.165) is 23.6 Å². The van der Waals surface area contributed by atoms with Gasteiger partial charge in [-0.3, -0.25) is 39.1 Å². The van der Waals surface area contributed by atoms with E-state index in [9.17, 15) is 29.3 Å². The van der Waals surface area contributed by atoms with Crippen molar-refractivity contribution in [1.82, 2.24) is 14.7 Å². The first-order valence-corrected chi connectivity index (χ1v) is 14.4. The molecule has 7 rings (SSSR count). The zero-order valence-corrected chi connectivity index (χ0v) is 23.6. The highest BCUT2D eigenvalue weighted by atomic mass is 16.6. The topological polar surface area (TPSA) is 121 Å². The highest BCUT2D eigenvalue weighted by Crippen LogP contribution is 2.38. The molecule has 3 aliphatic rings. The fourth-order valence-corrected chi connectivity index (χ4v) is 6.87. The molecule has 43 heavy (non-hydrogen) atoms. The number of benzene rings is 4. The van der Waals surface area contributed by atoms with E-state index >= 15 is 0 Å². The highest BCUT2D eigenvalue weighted by Gasteiger charge is 2.36. The molecular formula is C33H28N4O6. The maximum absolute atomic E-state index is 13.3. The van der Waals surface area contributed by atoms with Crippen LogP contribution in [0.4, 0.5) is 5.69 Å². The van der Waals surface area contributed by atoms with E-state index in [4.69, 9.17) is 0 Å². The predicted molar refractivity (Wildman–Crippen MR) is 159 cm³/mol. The average molecular weight is 577 g/mol. The fraction of sp³-hybridized carbons (Fsp3) is 0.273. The number of rotatable bonds is 9. The third-order valence-electron chi connectivity index (χ3n) is 8.96. The number of imide groups is 2. The summed E-state index contributed by atoms with van der Waals surface area (Å²) in [6.45, 7) is 1.69. The number of hydrogen-bond acceptors (Lipinski definition) is 7. The van der Waals surface area contributed by atoms with Gasteiger partial charge in [-0.05, 0) is 92.7 Å². The molecule has 4 aromatic rings. The molecule has 0 aromatic heterocycles. The zero-order valence-electron chi connectivity index (χ0n) is 23.6. The van der Waals surface area contributed by atoms with Gasteiger partial charge in [-0.2, -0.15) is 0 Å². The third kappa shape index (κ3) is 4.12. The Hall–Kier alpha value is -4.96. The highest BCUT2D eigenvalue weighted by molar-refractivity contribution is 6.27. The summed E-state index contributed by atoms with van der Waals surface area (Å²) in [6.07, 6.45) is 2.97. The van der Waals surface area contributed by atoms with Crippen LogP contribution in [0.1, 0.15) is 65.4 Å². The third-order valence-corrected chi connectivity index (χ3v) is 8.96. The summed E-state index contributed by atoms with van der Waals surface area (Å²) in [6, 6.07) is 15.2. The average Bonchev–Trinajstić information content (AvgIpc) is 3.43. The van der Waals surface area contributed by atoms with E-state index in [-0.39, 0.29) is 40.6 Å². The molecule has 0 spiro atoms. The minimum absolute atomic E-state index is 0.140. The maximum Gasteiger partial charge on any atom is 0.277 e. The van der Waals surface area contributed by atoms with E-state index < -0.39 is 16.7 Å². The predicted octanol–water partition coefficient (Wildman–Crippen LogP) is 4.60. The van der Waals surface area contributed by atoms with E-state index in [1.165, 1.54) is 33.1 Å². The number of nitro benzene ring substituents is 1. The Labute approximate surface area is 246 Å². The summed E-state index contributed by atoms with van der Waals surface area (Å²) in [5.74, 6) is -1.42. The van der Waals surface area contributed by atoms with Crippen LogP contribution in [0.15, 0.2) is 54.6 Å². The van der Waals surface area contributed by atoms with Crippen molar-refractivity contribution >= 4 is 50.9 Å². The van der Waals surface area contributed by atoms with Crippen LogP contribution < -0.4 is 0 Å². The molecule has 2 aliphatic heterocycles. The Morgan fingerprint density at radius 1 is 0.674 bits per heavy atom. The number of amides is 4. The second-order valence-electron chi connectivity index (χ2n) is 11.4. The van der Waals surface area contributed by atoms with E-state index in [2.05, 4.69) is 0 Å². The smallest absolute Gasteiger partial charge is 0.277 e. The summed E-state index contributed by atoms with van der Waals surface area (Å²) in [5.41, 5.74) is 4.01. The van der Waals surface area contributed by atoms with Crippen molar-refractivity contribution < 1.29 is 24.1 Å². The molecule has 0 radical (unpaired) electrons. The molecule has 0 saturated heterocycles. The number of carbonyl (C=O) groups is 4. The van der Waals surface area contributed by atoms with Gasteiger partial charge in [0.15, 0.2) is 0 Å². The van der Waals surface area contributed by atoms with Crippen molar-refractivity contribution in [3.8, 4) is 0 Å². The van der Waals surface area contributed by atoms with Crippen LogP contribution >= 0.6 is 0 Å². The minimum Gasteiger partial charge on any atom is -0.306 e. The molecule has 10 nitrogen and oxygen atoms in total. The molecule has 0 unspecified atom stereocenters. The monoisotopic (exact) mass is 576 g/mol. The van der Waals surface area contributed by atoms with Crippen LogP contribution in [0.25, 0.3) is 21.5 Å². The van der Waals surface area contributed by atoms with Gasteiger partial charge >= 0.3 is 0 Å². The molecule has 2 heterocycles. The Morgan fingerprint density at radius 3 is 1.70 bits per heavy atom. The first-order valence-electron chi connectivity index (χ1n) is 14.4. The van der Waals surface area contributed by atoms with E-state index in [0.29, 0.717) is 49.0 Å². The second kappa shape index (κ2) is 10.1. The molecule has 216 valence electrons.